The van der Waals surface area contributed by atoms with Crippen molar-refractivity contribution in [1.82, 2.24) is 9.97 Å². The Balaban J connectivity index is 2.21. The lowest BCUT2D eigenvalue weighted by Crippen LogP contribution is -2.39. The van der Waals surface area contributed by atoms with Crippen LogP contribution in [0.1, 0.15) is 92.5 Å². The first-order valence-corrected chi connectivity index (χ1v) is 14.4. The zero-order valence-electron chi connectivity index (χ0n) is 25.4. The molecule has 216 valence electrons. The molecule has 3 heterocycles. The van der Waals surface area contributed by atoms with Crippen LogP contribution in [0, 0.1) is 18.3 Å². The van der Waals surface area contributed by atoms with E-state index in [4.69, 9.17) is 30.8 Å². The summed E-state index contributed by atoms with van der Waals surface area (Å²) in [6.07, 6.45) is 4.44. The van der Waals surface area contributed by atoms with E-state index in [0.717, 1.165) is 54.0 Å². The minimum absolute atomic E-state index is 0.247. The van der Waals surface area contributed by atoms with E-state index >= 15 is 0 Å². The van der Waals surface area contributed by atoms with Gasteiger partial charge in [-0.1, -0.05) is 39.3 Å². The Morgan fingerprint density at radius 3 is 2.28 bits per heavy atom. The highest BCUT2D eigenvalue weighted by molar-refractivity contribution is 6.32. The minimum Gasteiger partial charge on any atom is -0.476 e. The summed E-state index contributed by atoms with van der Waals surface area (Å²) < 4.78 is 17.9. The number of hydrogen-bond acceptors (Lipinski definition) is 7. The third kappa shape index (κ3) is 8.31. The zero-order valence-corrected chi connectivity index (χ0v) is 26.1. The summed E-state index contributed by atoms with van der Waals surface area (Å²) in [7, 11) is 0. The highest BCUT2D eigenvalue weighted by Gasteiger charge is 2.37. The molecule has 2 aromatic rings. The van der Waals surface area contributed by atoms with Crippen molar-refractivity contribution in [2.45, 2.75) is 99.9 Å². The van der Waals surface area contributed by atoms with Gasteiger partial charge < -0.3 is 19.1 Å². The van der Waals surface area contributed by atoms with Gasteiger partial charge in [0, 0.05) is 47.9 Å². The van der Waals surface area contributed by atoms with Crippen LogP contribution in [0.2, 0.25) is 5.02 Å². The molecule has 0 aromatic carbocycles. The highest BCUT2D eigenvalue weighted by atomic mass is 35.5. The minimum atomic E-state index is -0.943. The normalized spacial score (nSPS) is 16.5. The Hall–Kier alpha value is -2.38. The number of ether oxygens (including phenoxy) is 3. The van der Waals surface area contributed by atoms with Gasteiger partial charge in [-0.25, -0.2) is 9.78 Å². The van der Waals surface area contributed by atoms with Crippen molar-refractivity contribution < 1.29 is 19.0 Å². The number of carbonyl (C=O) groups is 1. The van der Waals surface area contributed by atoms with E-state index in [-0.39, 0.29) is 11.5 Å². The lowest BCUT2D eigenvalue weighted by molar-refractivity contribution is -0.171. The van der Waals surface area contributed by atoms with Gasteiger partial charge in [-0.2, -0.15) is 0 Å². The number of halogens is 1. The van der Waals surface area contributed by atoms with Crippen LogP contribution in [-0.2, 0) is 14.3 Å². The average Bonchev–Trinajstić information content (AvgIpc) is 2.81. The molecular weight excluding hydrogens is 514 g/mol. The molecule has 0 aliphatic carbocycles. The van der Waals surface area contributed by atoms with Crippen LogP contribution in [0.5, 0.6) is 5.88 Å². The third-order valence-electron chi connectivity index (χ3n) is 6.69. The molecule has 1 atom stereocenters. The first-order valence-electron chi connectivity index (χ1n) is 14.0. The molecule has 1 saturated heterocycles. The van der Waals surface area contributed by atoms with Crippen molar-refractivity contribution in [3.63, 3.8) is 0 Å². The van der Waals surface area contributed by atoms with Crippen molar-refractivity contribution in [3.05, 3.63) is 34.7 Å². The van der Waals surface area contributed by atoms with E-state index in [1.807, 2.05) is 53.8 Å². The summed E-state index contributed by atoms with van der Waals surface area (Å²) in [6.45, 7) is 22.4. The lowest BCUT2D eigenvalue weighted by Gasteiger charge is -2.41. The SMILES string of the molecule is Cc1ncc(-c2cnc(OCC(C)C)c(Cl)c2)c(N2CCC(C)(C)CC2)c1[C@H](OC(C)(C)C)C(=O)OC(C)C. The molecule has 1 aliphatic rings. The van der Waals surface area contributed by atoms with E-state index in [2.05, 4.69) is 37.6 Å². The maximum Gasteiger partial charge on any atom is 0.340 e. The molecule has 0 amide bonds. The molecule has 2 aromatic heterocycles. The second-order valence-corrected chi connectivity index (χ2v) is 13.4. The summed E-state index contributed by atoms with van der Waals surface area (Å²) in [5.41, 5.74) is 3.68. The lowest BCUT2D eigenvalue weighted by atomic mass is 9.82. The number of nitrogens with zero attached hydrogens (tertiary/aromatic N) is 3. The number of carbonyl (C=O) groups excluding carboxylic acids is 1. The molecule has 1 aliphatic heterocycles. The zero-order chi connectivity index (χ0) is 29.1. The predicted molar refractivity (Wildman–Crippen MR) is 158 cm³/mol. The Kier molecular flexibility index (Phi) is 9.92. The van der Waals surface area contributed by atoms with Crippen LogP contribution in [-0.4, -0.2) is 47.3 Å². The average molecular weight is 560 g/mol. The number of anilines is 1. The van der Waals surface area contributed by atoms with E-state index in [1.54, 1.807) is 6.20 Å². The fraction of sp³-hybridized carbons (Fsp3) is 0.645. The standard InChI is InChI=1S/C31H46ClN3O4/c1-19(2)18-37-28-24(32)15-22(16-34-28)23-17-33-21(5)25(26(23)35-13-11-31(9,10)12-14-35)27(39-30(6,7)8)29(36)38-20(3)4/h15-17,19-20,27H,11-14,18H2,1-10H3/t27-/m0/s1. The molecule has 0 bridgehead atoms. The van der Waals surface area contributed by atoms with Crippen LogP contribution >= 0.6 is 11.6 Å². The third-order valence-corrected chi connectivity index (χ3v) is 6.96. The fourth-order valence-electron chi connectivity index (χ4n) is 4.61. The van der Waals surface area contributed by atoms with Gasteiger partial charge in [0.2, 0.25) is 5.88 Å². The van der Waals surface area contributed by atoms with Gasteiger partial charge in [-0.05, 0) is 71.8 Å². The van der Waals surface area contributed by atoms with Crippen molar-refractivity contribution in [3.8, 4) is 17.0 Å². The summed E-state index contributed by atoms with van der Waals surface area (Å²) in [6, 6.07) is 1.86. The number of esters is 1. The quantitative estimate of drug-likeness (QED) is 0.293. The van der Waals surface area contributed by atoms with Crippen molar-refractivity contribution in [2.75, 3.05) is 24.6 Å². The van der Waals surface area contributed by atoms with Crippen LogP contribution < -0.4 is 9.64 Å². The molecule has 1 fully saturated rings. The first kappa shape index (κ1) is 31.2. The molecular formula is C31H46ClN3O4. The summed E-state index contributed by atoms with van der Waals surface area (Å²) in [5.74, 6) is 0.339. The largest absolute Gasteiger partial charge is 0.476 e. The van der Waals surface area contributed by atoms with Gasteiger partial charge in [0.1, 0.15) is 5.02 Å². The molecule has 0 saturated carbocycles. The van der Waals surface area contributed by atoms with Gasteiger partial charge in [0.15, 0.2) is 6.10 Å². The van der Waals surface area contributed by atoms with Crippen molar-refractivity contribution >= 4 is 23.3 Å². The smallest absolute Gasteiger partial charge is 0.340 e. The number of hydrogen-bond donors (Lipinski definition) is 0. The van der Waals surface area contributed by atoms with Crippen molar-refractivity contribution in [2.24, 2.45) is 11.3 Å². The van der Waals surface area contributed by atoms with Crippen LogP contribution in [0.3, 0.4) is 0 Å². The van der Waals surface area contributed by atoms with E-state index in [9.17, 15) is 4.79 Å². The molecule has 3 rings (SSSR count). The number of aromatic nitrogens is 2. The molecule has 8 heteroatoms. The Labute approximate surface area is 239 Å². The second kappa shape index (κ2) is 12.4. The molecule has 39 heavy (non-hydrogen) atoms. The molecule has 0 unspecified atom stereocenters. The highest BCUT2D eigenvalue weighted by Crippen LogP contribution is 2.44. The maximum atomic E-state index is 13.6. The first-order chi connectivity index (χ1) is 18.1. The monoisotopic (exact) mass is 559 g/mol. The van der Waals surface area contributed by atoms with E-state index < -0.39 is 17.7 Å². The maximum absolute atomic E-state index is 13.6. The number of rotatable bonds is 9. The van der Waals surface area contributed by atoms with Crippen LogP contribution in [0.15, 0.2) is 18.5 Å². The Bertz CT molecular complexity index is 1150. The molecule has 7 nitrogen and oxygen atoms in total. The number of piperidine rings is 1. The number of aryl methyl sites for hydroxylation is 1. The van der Waals surface area contributed by atoms with Crippen LogP contribution in [0.4, 0.5) is 5.69 Å². The molecule has 0 radical (unpaired) electrons. The number of pyridine rings is 2. The van der Waals surface area contributed by atoms with Crippen LogP contribution in [0.25, 0.3) is 11.1 Å². The summed E-state index contributed by atoms with van der Waals surface area (Å²) in [5, 5.41) is 0.433. The van der Waals surface area contributed by atoms with Gasteiger partial charge in [0.25, 0.3) is 0 Å². The van der Waals surface area contributed by atoms with E-state index in [0.29, 0.717) is 23.4 Å². The summed E-state index contributed by atoms with van der Waals surface area (Å²) in [4.78, 5) is 25.2. The topological polar surface area (TPSA) is 73.8 Å². The van der Waals surface area contributed by atoms with Gasteiger partial charge in [0.05, 0.1) is 24.0 Å². The Morgan fingerprint density at radius 2 is 1.74 bits per heavy atom. The predicted octanol–water partition coefficient (Wildman–Crippen LogP) is 7.57. The molecule has 0 N–H and O–H groups in total. The van der Waals surface area contributed by atoms with Gasteiger partial charge in [-0.3, -0.25) is 4.98 Å². The fourth-order valence-corrected chi connectivity index (χ4v) is 4.83. The Morgan fingerprint density at radius 1 is 1.10 bits per heavy atom. The second-order valence-electron chi connectivity index (χ2n) is 13.0. The van der Waals surface area contributed by atoms with Gasteiger partial charge >= 0.3 is 5.97 Å². The van der Waals surface area contributed by atoms with Crippen molar-refractivity contribution in [1.29, 1.82) is 0 Å². The summed E-state index contributed by atoms with van der Waals surface area (Å²) >= 11 is 6.65. The van der Waals surface area contributed by atoms with Gasteiger partial charge in [-0.15, -0.1) is 0 Å². The molecule has 0 spiro atoms. The van der Waals surface area contributed by atoms with E-state index in [1.165, 1.54) is 0 Å².